The van der Waals surface area contributed by atoms with Gasteiger partial charge < -0.3 is 24.2 Å². The standard InChI is InChI=1S/C26H44N4O4S/c1-21-17-24(33-5)18-22(2)26(21)35(32)27(3)15-16-34-20-25(31)28(4)23-9-8-12-30(19-23)14-13-29-10-6-7-11-29/h17-18,23H,6-16,19-20H2,1-5H3. The van der Waals surface area contributed by atoms with E-state index >= 15 is 0 Å². The SMILES string of the molecule is COc1cc(C)c(S(=O)N(C)CCOCC(=O)N(C)C2CCCN(CCN3CCCC3)C2)c(C)c1. The molecule has 2 aliphatic heterocycles. The number of methoxy groups -OCH3 is 1. The number of ether oxygens (including phenoxy) is 2. The molecule has 0 N–H and O–H groups in total. The highest BCUT2D eigenvalue weighted by Gasteiger charge is 2.26. The van der Waals surface area contributed by atoms with Crippen LogP contribution in [0.15, 0.2) is 17.0 Å². The zero-order chi connectivity index (χ0) is 25.4. The van der Waals surface area contributed by atoms with Crippen molar-refractivity contribution in [3.05, 3.63) is 23.3 Å². The summed E-state index contributed by atoms with van der Waals surface area (Å²) >= 11 is 0. The van der Waals surface area contributed by atoms with Gasteiger partial charge in [-0.1, -0.05) is 0 Å². The Morgan fingerprint density at radius 2 is 1.69 bits per heavy atom. The predicted octanol–water partition coefficient (Wildman–Crippen LogP) is 2.30. The molecule has 8 nitrogen and oxygen atoms in total. The van der Waals surface area contributed by atoms with E-state index in [1.807, 2.05) is 45.0 Å². The molecule has 35 heavy (non-hydrogen) atoms. The van der Waals surface area contributed by atoms with Gasteiger partial charge in [-0.05, 0) is 82.4 Å². The van der Waals surface area contributed by atoms with E-state index in [9.17, 15) is 9.00 Å². The summed E-state index contributed by atoms with van der Waals surface area (Å²) in [6.45, 7) is 11.5. The molecule has 2 fully saturated rings. The number of likely N-dealkylation sites (N-methyl/N-ethyl adjacent to an activating group) is 2. The lowest BCUT2D eigenvalue weighted by atomic mass is 10.0. The topological polar surface area (TPSA) is 65.6 Å². The fourth-order valence-corrected chi connectivity index (χ4v) is 6.26. The number of hydrogen-bond donors (Lipinski definition) is 0. The Balaban J connectivity index is 1.38. The van der Waals surface area contributed by atoms with Gasteiger partial charge in [-0.25, -0.2) is 8.51 Å². The van der Waals surface area contributed by atoms with E-state index < -0.39 is 11.0 Å². The van der Waals surface area contributed by atoms with Crippen LogP contribution in [-0.2, 0) is 20.5 Å². The quantitative estimate of drug-likeness (QED) is 0.404. The fraction of sp³-hybridized carbons (Fsp3) is 0.731. The number of carbonyl (C=O) groups is 1. The van der Waals surface area contributed by atoms with Crippen LogP contribution in [0, 0.1) is 13.8 Å². The van der Waals surface area contributed by atoms with Crippen LogP contribution < -0.4 is 4.74 Å². The highest BCUT2D eigenvalue weighted by Crippen LogP contribution is 2.25. The highest BCUT2D eigenvalue weighted by atomic mass is 32.2. The number of likely N-dealkylation sites (tertiary alicyclic amines) is 2. The highest BCUT2D eigenvalue weighted by molar-refractivity contribution is 7.82. The zero-order valence-corrected chi connectivity index (χ0v) is 23.1. The van der Waals surface area contributed by atoms with Crippen LogP contribution in [0.1, 0.15) is 36.8 Å². The summed E-state index contributed by atoms with van der Waals surface area (Å²) < 4.78 is 25.8. The summed E-state index contributed by atoms with van der Waals surface area (Å²) in [5.74, 6) is 0.782. The minimum atomic E-state index is -1.30. The molecule has 2 saturated heterocycles. The van der Waals surface area contributed by atoms with Crippen molar-refractivity contribution in [1.29, 1.82) is 0 Å². The number of carbonyl (C=O) groups excluding carboxylic acids is 1. The number of nitrogens with zero attached hydrogens (tertiary/aromatic N) is 4. The molecule has 1 amide bonds. The van der Waals surface area contributed by atoms with Crippen LogP contribution in [0.2, 0.25) is 0 Å². The average molecular weight is 509 g/mol. The van der Waals surface area contributed by atoms with Gasteiger partial charge in [0.25, 0.3) is 0 Å². The molecule has 0 spiro atoms. The maximum Gasteiger partial charge on any atom is 0.248 e. The molecule has 0 saturated carbocycles. The third-order valence-corrected chi connectivity index (χ3v) is 9.00. The first-order valence-electron chi connectivity index (χ1n) is 12.9. The summed E-state index contributed by atoms with van der Waals surface area (Å²) in [6.07, 6.45) is 4.83. The average Bonchev–Trinajstić information content (AvgIpc) is 3.38. The van der Waals surface area contributed by atoms with Crippen molar-refractivity contribution in [3.63, 3.8) is 0 Å². The van der Waals surface area contributed by atoms with Gasteiger partial charge in [0.05, 0.1) is 18.6 Å². The van der Waals surface area contributed by atoms with Gasteiger partial charge in [0, 0.05) is 46.3 Å². The summed E-state index contributed by atoms with van der Waals surface area (Å²) in [5, 5.41) is 0. The van der Waals surface area contributed by atoms with Gasteiger partial charge in [0.15, 0.2) is 0 Å². The third-order valence-electron chi connectivity index (χ3n) is 7.26. The molecule has 3 rings (SSSR count). The number of amides is 1. The van der Waals surface area contributed by atoms with Crippen molar-refractivity contribution in [3.8, 4) is 5.75 Å². The van der Waals surface area contributed by atoms with Crippen LogP contribution in [-0.4, -0.2) is 115 Å². The first-order chi connectivity index (χ1) is 16.8. The molecular weight excluding hydrogens is 464 g/mol. The Bertz CT molecular complexity index is 839. The summed E-state index contributed by atoms with van der Waals surface area (Å²) in [4.78, 5) is 20.5. The summed E-state index contributed by atoms with van der Waals surface area (Å²) in [7, 11) is 4.04. The summed E-state index contributed by atoms with van der Waals surface area (Å²) in [6, 6.07) is 4.05. The van der Waals surface area contributed by atoms with Gasteiger partial charge in [0.1, 0.15) is 23.3 Å². The number of aryl methyl sites for hydroxylation is 2. The number of benzene rings is 1. The van der Waals surface area contributed by atoms with Gasteiger partial charge in [-0.3, -0.25) is 4.79 Å². The lowest BCUT2D eigenvalue weighted by Gasteiger charge is -2.38. The predicted molar refractivity (Wildman–Crippen MR) is 140 cm³/mol. The molecule has 0 aliphatic carbocycles. The molecule has 198 valence electrons. The van der Waals surface area contributed by atoms with E-state index in [0.717, 1.165) is 60.8 Å². The van der Waals surface area contributed by atoms with Crippen molar-refractivity contribution in [2.24, 2.45) is 0 Å². The molecule has 2 heterocycles. The van der Waals surface area contributed by atoms with E-state index in [1.54, 1.807) is 11.4 Å². The van der Waals surface area contributed by atoms with E-state index in [1.165, 1.54) is 25.9 Å². The van der Waals surface area contributed by atoms with Crippen LogP contribution in [0.5, 0.6) is 5.75 Å². The van der Waals surface area contributed by atoms with Crippen molar-refractivity contribution >= 4 is 16.9 Å². The Labute approximate surface area is 214 Å². The zero-order valence-electron chi connectivity index (χ0n) is 22.3. The molecular formula is C26H44N4O4S. The normalized spacial score (nSPS) is 20.3. The number of hydrogen-bond acceptors (Lipinski definition) is 6. The van der Waals surface area contributed by atoms with E-state index in [4.69, 9.17) is 9.47 Å². The third kappa shape index (κ3) is 7.98. The van der Waals surface area contributed by atoms with Gasteiger partial charge in [-0.15, -0.1) is 0 Å². The van der Waals surface area contributed by atoms with Crippen LogP contribution in [0.25, 0.3) is 0 Å². The Morgan fingerprint density at radius 3 is 2.34 bits per heavy atom. The lowest BCUT2D eigenvalue weighted by molar-refractivity contribution is -0.138. The monoisotopic (exact) mass is 508 g/mol. The van der Waals surface area contributed by atoms with Crippen molar-refractivity contribution < 1.29 is 18.5 Å². The molecule has 1 aromatic carbocycles. The molecule has 0 bridgehead atoms. The van der Waals surface area contributed by atoms with E-state index in [-0.39, 0.29) is 18.6 Å². The van der Waals surface area contributed by atoms with E-state index in [0.29, 0.717) is 13.2 Å². The number of rotatable bonds is 12. The lowest BCUT2D eigenvalue weighted by Crippen LogP contribution is -2.50. The van der Waals surface area contributed by atoms with Crippen LogP contribution >= 0.6 is 0 Å². The Kier molecular flexibility index (Phi) is 11.0. The Morgan fingerprint density at radius 1 is 1.06 bits per heavy atom. The maximum atomic E-state index is 13.1. The Hall–Kier alpha value is -1.52. The fourth-order valence-electron chi connectivity index (χ4n) is 5.04. The largest absolute Gasteiger partial charge is 0.497 e. The first-order valence-corrected chi connectivity index (χ1v) is 14.0. The second kappa shape index (κ2) is 13.7. The minimum Gasteiger partial charge on any atom is -0.497 e. The molecule has 2 unspecified atom stereocenters. The number of piperidine rings is 1. The molecule has 0 aromatic heterocycles. The van der Waals surface area contributed by atoms with Crippen LogP contribution in [0.3, 0.4) is 0 Å². The minimum absolute atomic E-state index is 0.0158. The molecule has 2 atom stereocenters. The van der Waals surface area contributed by atoms with Gasteiger partial charge in [0.2, 0.25) is 5.91 Å². The van der Waals surface area contributed by atoms with Crippen molar-refractivity contribution in [1.82, 2.24) is 19.0 Å². The van der Waals surface area contributed by atoms with E-state index in [2.05, 4.69) is 9.80 Å². The second-order valence-corrected chi connectivity index (χ2v) is 11.4. The van der Waals surface area contributed by atoms with Gasteiger partial charge >= 0.3 is 0 Å². The van der Waals surface area contributed by atoms with Crippen molar-refractivity contribution in [2.45, 2.75) is 50.5 Å². The van der Waals surface area contributed by atoms with Crippen molar-refractivity contribution in [2.75, 3.05) is 80.2 Å². The first kappa shape index (κ1) is 28.1. The maximum absolute atomic E-state index is 13.1. The van der Waals surface area contributed by atoms with Gasteiger partial charge in [-0.2, -0.15) is 0 Å². The molecule has 1 aromatic rings. The molecule has 0 radical (unpaired) electrons. The second-order valence-electron chi connectivity index (χ2n) is 9.89. The molecule has 2 aliphatic rings. The summed E-state index contributed by atoms with van der Waals surface area (Å²) in [5.41, 5.74) is 1.87. The molecule has 9 heteroatoms. The van der Waals surface area contributed by atoms with Crippen LogP contribution in [0.4, 0.5) is 0 Å². The smallest absolute Gasteiger partial charge is 0.248 e.